The predicted molar refractivity (Wildman–Crippen MR) is 75.1 cm³/mol. The molecule has 7 heteroatoms. The van der Waals surface area contributed by atoms with Crippen molar-refractivity contribution < 1.29 is 13.5 Å². The average molecular weight is 309 g/mol. The van der Waals surface area contributed by atoms with Crippen LogP contribution in [0, 0.1) is 11.3 Å². The topological polar surface area (TPSA) is 90.2 Å². The Balaban J connectivity index is 2.41. The van der Waals surface area contributed by atoms with E-state index in [2.05, 4.69) is 4.72 Å². The molecule has 2 aromatic rings. The number of nitrogens with one attached hydrogen (secondary N) is 1. The van der Waals surface area contributed by atoms with E-state index in [-0.39, 0.29) is 26.9 Å². The third-order valence-corrected chi connectivity index (χ3v) is 4.17. The van der Waals surface area contributed by atoms with Crippen LogP contribution in [-0.2, 0) is 10.0 Å². The zero-order valence-electron chi connectivity index (χ0n) is 10.0. The summed E-state index contributed by atoms with van der Waals surface area (Å²) >= 11 is 5.74. The number of hydrogen-bond acceptors (Lipinski definition) is 4. The van der Waals surface area contributed by atoms with Gasteiger partial charge in [-0.3, -0.25) is 4.72 Å². The molecule has 2 aromatic carbocycles. The number of sulfonamides is 1. The lowest BCUT2D eigenvalue weighted by Gasteiger charge is -2.09. The van der Waals surface area contributed by atoms with Crippen molar-refractivity contribution in [1.82, 2.24) is 0 Å². The highest BCUT2D eigenvalue weighted by Gasteiger charge is 2.16. The molecule has 0 aliphatic carbocycles. The van der Waals surface area contributed by atoms with E-state index in [1.807, 2.05) is 0 Å². The maximum absolute atomic E-state index is 12.1. The maximum Gasteiger partial charge on any atom is 0.261 e. The van der Waals surface area contributed by atoms with E-state index in [0.717, 1.165) is 0 Å². The molecule has 0 saturated heterocycles. The van der Waals surface area contributed by atoms with Crippen LogP contribution in [0.15, 0.2) is 47.4 Å². The molecule has 0 aliphatic heterocycles. The number of halogens is 1. The molecular formula is C13H9ClN2O3S. The Morgan fingerprint density at radius 2 is 1.85 bits per heavy atom. The van der Waals surface area contributed by atoms with Gasteiger partial charge in [-0.2, -0.15) is 5.26 Å². The third-order valence-electron chi connectivity index (χ3n) is 2.49. The molecule has 0 aromatic heterocycles. The highest BCUT2D eigenvalue weighted by Crippen LogP contribution is 2.31. The van der Waals surface area contributed by atoms with Gasteiger partial charge in [-0.05, 0) is 24.3 Å². The SMILES string of the molecule is N#Cc1cc(NS(=O)(=O)c2ccccc2)cc(Cl)c1O. The summed E-state index contributed by atoms with van der Waals surface area (Å²) in [6.45, 7) is 0. The van der Waals surface area contributed by atoms with Crippen LogP contribution in [0.2, 0.25) is 5.02 Å². The monoisotopic (exact) mass is 308 g/mol. The molecule has 2 N–H and O–H groups in total. The van der Waals surface area contributed by atoms with Crippen molar-refractivity contribution in [1.29, 1.82) is 5.26 Å². The van der Waals surface area contributed by atoms with Gasteiger partial charge in [0, 0.05) is 0 Å². The van der Waals surface area contributed by atoms with Crippen molar-refractivity contribution in [2.45, 2.75) is 4.90 Å². The molecule has 0 spiro atoms. The van der Waals surface area contributed by atoms with Gasteiger partial charge in [-0.1, -0.05) is 29.8 Å². The molecule has 102 valence electrons. The number of hydrogen-bond donors (Lipinski definition) is 2. The quantitative estimate of drug-likeness (QED) is 0.853. The minimum Gasteiger partial charge on any atom is -0.505 e. The maximum atomic E-state index is 12.1. The number of phenolic OH excluding ortho intramolecular Hbond substituents is 1. The third kappa shape index (κ3) is 2.85. The van der Waals surface area contributed by atoms with E-state index in [0.29, 0.717) is 0 Å². The summed E-state index contributed by atoms with van der Waals surface area (Å²) < 4.78 is 26.5. The van der Waals surface area contributed by atoms with Gasteiger partial charge in [0.2, 0.25) is 0 Å². The van der Waals surface area contributed by atoms with Gasteiger partial charge in [0.1, 0.15) is 6.07 Å². The zero-order valence-corrected chi connectivity index (χ0v) is 11.6. The second-order valence-electron chi connectivity index (χ2n) is 3.88. The van der Waals surface area contributed by atoms with Crippen molar-refractivity contribution in [2.24, 2.45) is 0 Å². The Labute approximate surface area is 121 Å². The number of nitrogens with zero attached hydrogens (tertiary/aromatic N) is 1. The van der Waals surface area contributed by atoms with Crippen molar-refractivity contribution in [3.63, 3.8) is 0 Å². The molecule has 0 bridgehead atoms. The largest absolute Gasteiger partial charge is 0.505 e. The highest BCUT2D eigenvalue weighted by molar-refractivity contribution is 7.92. The summed E-state index contributed by atoms with van der Waals surface area (Å²) in [6.07, 6.45) is 0. The van der Waals surface area contributed by atoms with Crippen LogP contribution in [0.3, 0.4) is 0 Å². The number of rotatable bonds is 3. The fourth-order valence-corrected chi connectivity index (χ4v) is 2.84. The van der Waals surface area contributed by atoms with E-state index in [4.69, 9.17) is 16.9 Å². The van der Waals surface area contributed by atoms with Gasteiger partial charge in [-0.25, -0.2) is 8.42 Å². The van der Waals surface area contributed by atoms with Crippen LogP contribution >= 0.6 is 11.6 Å². The van der Waals surface area contributed by atoms with Crippen molar-refractivity contribution in [2.75, 3.05) is 4.72 Å². The zero-order chi connectivity index (χ0) is 14.8. The lowest BCUT2D eigenvalue weighted by Crippen LogP contribution is -2.12. The highest BCUT2D eigenvalue weighted by atomic mass is 35.5. The number of benzene rings is 2. The van der Waals surface area contributed by atoms with Crippen molar-refractivity contribution in [3.8, 4) is 11.8 Å². The molecule has 0 fully saturated rings. The molecule has 0 saturated carbocycles. The summed E-state index contributed by atoms with van der Waals surface area (Å²) in [4.78, 5) is 0.0858. The Morgan fingerprint density at radius 1 is 1.20 bits per heavy atom. The van der Waals surface area contributed by atoms with Crippen LogP contribution in [0.4, 0.5) is 5.69 Å². The lowest BCUT2D eigenvalue weighted by atomic mass is 10.2. The smallest absolute Gasteiger partial charge is 0.261 e. The second-order valence-corrected chi connectivity index (χ2v) is 5.97. The molecule has 0 aliphatic rings. The van der Waals surface area contributed by atoms with Crippen LogP contribution in [-0.4, -0.2) is 13.5 Å². The predicted octanol–water partition coefficient (Wildman–Crippen LogP) is 2.72. The first-order chi connectivity index (χ1) is 9.44. The van der Waals surface area contributed by atoms with Gasteiger partial charge >= 0.3 is 0 Å². The van der Waals surface area contributed by atoms with Crippen LogP contribution in [0.25, 0.3) is 0 Å². The Kier molecular flexibility index (Phi) is 3.84. The molecule has 5 nitrogen and oxygen atoms in total. The molecule has 0 unspecified atom stereocenters. The van der Waals surface area contributed by atoms with Crippen LogP contribution < -0.4 is 4.72 Å². The number of aromatic hydroxyl groups is 1. The molecule has 0 atom stereocenters. The average Bonchev–Trinajstić information content (AvgIpc) is 2.43. The molecule has 2 rings (SSSR count). The molecule has 20 heavy (non-hydrogen) atoms. The minimum absolute atomic E-state index is 0.0858. The van der Waals surface area contributed by atoms with E-state index in [1.165, 1.54) is 24.3 Å². The van der Waals surface area contributed by atoms with Gasteiger partial charge in [-0.15, -0.1) is 0 Å². The summed E-state index contributed by atoms with van der Waals surface area (Å²) in [5.41, 5.74) is -0.00327. The number of anilines is 1. The molecule has 0 amide bonds. The minimum atomic E-state index is -3.77. The molecular weight excluding hydrogens is 300 g/mol. The standard InChI is InChI=1S/C13H9ClN2O3S/c14-12-7-10(6-9(8-15)13(12)17)16-20(18,19)11-4-2-1-3-5-11/h1-7,16-17H. The van der Waals surface area contributed by atoms with E-state index < -0.39 is 10.0 Å². The number of phenols is 1. The van der Waals surface area contributed by atoms with Crippen LogP contribution in [0.1, 0.15) is 5.56 Å². The summed E-state index contributed by atoms with van der Waals surface area (Å²) in [5, 5.41) is 18.2. The second kappa shape index (κ2) is 5.41. The van der Waals surface area contributed by atoms with E-state index in [9.17, 15) is 13.5 Å². The van der Waals surface area contributed by atoms with Gasteiger partial charge in [0.15, 0.2) is 5.75 Å². The Bertz CT molecular complexity index is 783. The summed E-state index contributed by atoms with van der Waals surface area (Å²) in [5.74, 6) is -0.378. The van der Waals surface area contributed by atoms with Gasteiger partial charge < -0.3 is 5.11 Å². The number of nitriles is 1. The van der Waals surface area contributed by atoms with Crippen LogP contribution in [0.5, 0.6) is 5.75 Å². The molecule has 0 radical (unpaired) electrons. The van der Waals surface area contributed by atoms with E-state index in [1.54, 1.807) is 24.3 Å². The summed E-state index contributed by atoms with van der Waals surface area (Å²) in [6, 6.07) is 11.9. The lowest BCUT2D eigenvalue weighted by molar-refractivity contribution is 0.474. The first-order valence-electron chi connectivity index (χ1n) is 5.44. The summed E-state index contributed by atoms with van der Waals surface area (Å²) in [7, 11) is -3.77. The molecule has 0 heterocycles. The van der Waals surface area contributed by atoms with Crippen molar-refractivity contribution >= 4 is 27.3 Å². The normalized spacial score (nSPS) is 10.8. The Hall–Kier alpha value is -2.23. The van der Waals surface area contributed by atoms with Gasteiger partial charge in [0.25, 0.3) is 10.0 Å². The Morgan fingerprint density at radius 3 is 2.45 bits per heavy atom. The first kappa shape index (κ1) is 14.2. The fraction of sp³-hybridized carbons (Fsp3) is 0. The van der Waals surface area contributed by atoms with E-state index >= 15 is 0 Å². The van der Waals surface area contributed by atoms with Gasteiger partial charge in [0.05, 0.1) is 21.2 Å². The van der Waals surface area contributed by atoms with Crippen molar-refractivity contribution in [3.05, 3.63) is 53.1 Å². The first-order valence-corrected chi connectivity index (χ1v) is 7.30. The fourth-order valence-electron chi connectivity index (χ4n) is 1.56.